The van der Waals surface area contributed by atoms with E-state index in [9.17, 15) is 13.5 Å². The summed E-state index contributed by atoms with van der Waals surface area (Å²) in [4.78, 5) is 2.08. The second-order valence-electron chi connectivity index (χ2n) is 5.79. The van der Waals surface area contributed by atoms with Crippen LogP contribution in [0.25, 0.3) is 0 Å². The molecule has 2 atom stereocenters. The van der Waals surface area contributed by atoms with Crippen LogP contribution in [0.1, 0.15) is 12.5 Å². The fourth-order valence-electron chi connectivity index (χ4n) is 2.57. The van der Waals surface area contributed by atoms with Gasteiger partial charge < -0.3 is 5.11 Å². The van der Waals surface area contributed by atoms with Crippen LogP contribution in [-0.2, 0) is 23.1 Å². The van der Waals surface area contributed by atoms with Gasteiger partial charge in [-0.3, -0.25) is 9.58 Å². The standard InChI is InChI=1S/C13H24N4O3S/c1-4-17-7-11(5-14-17)6-16-8-12(13(18)9-16)10-21(19,20)15(2)3/h5,7,12-13,18H,4,6,8-10H2,1-3H3/t12-,13-/m0/s1. The lowest BCUT2D eigenvalue weighted by Gasteiger charge is -2.17. The molecule has 1 fully saturated rings. The van der Waals surface area contributed by atoms with Gasteiger partial charge in [0.2, 0.25) is 10.0 Å². The molecule has 8 heteroatoms. The van der Waals surface area contributed by atoms with Gasteiger partial charge in [0.1, 0.15) is 0 Å². The van der Waals surface area contributed by atoms with E-state index in [1.54, 1.807) is 0 Å². The molecule has 1 aromatic heterocycles. The average Bonchev–Trinajstić information content (AvgIpc) is 2.97. The molecule has 0 aromatic carbocycles. The van der Waals surface area contributed by atoms with E-state index in [0.29, 0.717) is 19.6 Å². The Balaban J connectivity index is 1.94. The summed E-state index contributed by atoms with van der Waals surface area (Å²) in [6, 6.07) is 0. The van der Waals surface area contributed by atoms with E-state index in [1.807, 2.05) is 24.0 Å². The van der Waals surface area contributed by atoms with E-state index < -0.39 is 16.1 Å². The molecule has 21 heavy (non-hydrogen) atoms. The normalized spacial score (nSPS) is 24.0. The first-order valence-electron chi connectivity index (χ1n) is 7.13. The Bertz CT molecular complexity index is 570. The van der Waals surface area contributed by atoms with Crippen LogP contribution in [0.5, 0.6) is 0 Å². The molecule has 2 rings (SSSR count). The fourth-order valence-corrected chi connectivity index (χ4v) is 3.74. The molecular formula is C13H24N4O3S. The van der Waals surface area contributed by atoms with Gasteiger partial charge in [0.15, 0.2) is 0 Å². The minimum atomic E-state index is -3.28. The predicted molar refractivity (Wildman–Crippen MR) is 80.1 cm³/mol. The van der Waals surface area contributed by atoms with Gasteiger partial charge in [-0.15, -0.1) is 0 Å². The Labute approximate surface area is 126 Å². The van der Waals surface area contributed by atoms with E-state index in [4.69, 9.17) is 0 Å². The lowest BCUT2D eigenvalue weighted by molar-refractivity contribution is 0.148. The first-order chi connectivity index (χ1) is 9.81. The molecule has 1 N–H and O–H groups in total. The monoisotopic (exact) mass is 316 g/mol. The number of rotatable bonds is 6. The molecule has 0 saturated carbocycles. The van der Waals surface area contributed by atoms with Crippen molar-refractivity contribution in [3.63, 3.8) is 0 Å². The van der Waals surface area contributed by atoms with Gasteiger partial charge in [-0.1, -0.05) is 0 Å². The van der Waals surface area contributed by atoms with E-state index in [1.165, 1.54) is 18.4 Å². The van der Waals surface area contributed by atoms with Gasteiger partial charge in [-0.25, -0.2) is 12.7 Å². The van der Waals surface area contributed by atoms with Crippen molar-refractivity contribution in [2.75, 3.05) is 32.9 Å². The van der Waals surface area contributed by atoms with Crippen molar-refractivity contribution in [2.24, 2.45) is 5.92 Å². The minimum absolute atomic E-state index is 0.00805. The number of aryl methyl sites for hydroxylation is 1. The Morgan fingerprint density at radius 2 is 2.14 bits per heavy atom. The van der Waals surface area contributed by atoms with E-state index in [2.05, 4.69) is 10.00 Å². The zero-order valence-corrected chi connectivity index (χ0v) is 13.6. The van der Waals surface area contributed by atoms with Gasteiger partial charge in [-0.2, -0.15) is 5.10 Å². The van der Waals surface area contributed by atoms with Crippen LogP contribution in [0.15, 0.2) is 12.4 Å². The highest BCUT2D eigenvalue weighted by Crippen LogP contribution is 2.21. The SMILES string of the molecule is CCn1cc(CN2C[C@@H](CS(=O)(=O)N(C)C)[C@@H](O)C2)cn1. The quantitative estimate of drug-likeness (QED) is 0.772. The highest BCUT2D eigenvalue weighted by Gasteiger charge is 2.35. The number of aliphatic hydroxyl groups excluding tert-OH is 1. The maximum Gasteiger partial charge on any atom is 0.214 e. The number of β-amino-alcohol motifs (C(OH)–C–C–N with tert-alkyl or cyclic N) is 1. The number of sulfonamides is 1. The summed E-state index contributed by atoms with van der Waals surface area (Å²) < 4.78 is 26.9. The molecular weight excluding hydrogens is 292 g/mol. The van der Waals surface area contributed by atoms with Crippen LogP contribution in [-0.4, -0.2) is 71.6 Å². The molecule has 0 unspecified atom stereocenters. The van der Waals surface area contributed by atoms with Crippen molar-refractivity contribution in [1.29, 1.82) is 0 Å². The fraction of sp³-hybridized carbons (Fsp3) is 0.769. The van der Waals surface area contributed by atoms with Gasteiger partial charge in [0, 0.05) is 58.0 Å². The average molecular weight is 316 g/mol. The Morgan fingerprint density at radius 1 is 1.43 bits per heavy atom. The van der Waals surface area contributed by atoms with Gasteiger partial charge in [0.05, 0.1) is 18.1 Å². The van der Waals surface area contributed by atoms with Gasteiger partial charge >= 0.3 is 0 Å². The maximum atomic E-state index is 11.9. The summed E-state index contributed by atoms with van der Waals surface area (Å²) in [6.45, 7) is 4.64. The highest BCUT2D eigenvalue weighted by molar-refractivity contribution is 7.89. The summed E-state index contributed by atoms with van der Waals surface area (Å²) in [6.07, 6.45) is 3.21. The van der Waals surface area contributed by atoms with Gasteiger partial charge in [0.25, 0.3) is 0 Å². The minimum Gasteiger partial charge on any atom is -0.391 e. The third-order valence-corrected chi connectivity index (χ3v) is 5.84. The molecule has 1 aliphatic heterocycles. The summed E-state index contributed by atoms with van der Waals surface area (Å²) in [5.74, 6) is -0.245. The number of likely N-dealkylation sites (tertiary alicyclic amines) is 1. The second-order valence-corrected chi connectivity index (χ2v) is 8.01. The zero-order valence-electron chi connectivity index (χ0n) is 12.8. The van der Waals surface area contributed by atoms with Gasteiger partial charge in [-0.05, 0) is 6.92 Å². The van der Waals surface area contributed by atoms with Crippen molar-refractivity contribution in [3.8, 4) is 0 Å². The van der Waals surface area contributed by atoms with Crippen LogP contribution < -0.4 is 0 Å². The van der Waals surface area contributed by atoms with Crippen molar-refractivity contribution in [2.45, 2.75) is 26.1 Å². The van der Waals surface area contributed by atoms with Crippen molar-refractivity contribution in [1.82, 2.24) is 19.0 Å². The van der Waals surface area contributed by atoms with E-state index >= 15 is 0 Å². The number of hydrogen-bond donors (Lipinski definition) is 1. The number of nitrogens with zero attached hydrogens (tertiary/aromatic N) is 4. The first kappa shape index (κ1) is 16.4. The maximum absolute atomic E-state index is 11.9. The second kappa shape index (κ2) is 6.43. The van der Waals surface area contributed by atoms with Crippen molar-refractivity contribution >= 4 is 10.0 Å². The van der Waals surface area contributed by atoms with Crippen molar-refractivity contribution in [3.05, 3.63) is 18.0 Å². The molecule has 7 nitrogen and oxygen atoms in total. The lowest BCUT2D eigenvalue weighted by Crippen LogP contribution is -2.33. The molecule has 2 heterocycles. The zero-order chi connectivity index (χ0) is 15.6. The van der Waals surface area contributed by atoms with Crippen molar-refractivity contribution < 1.29 is 13.5 Å². The number of aromatic nitrogens is 2. The third-order valence-electron chi connectivity index (χ3n) is 3.88. The summed E-state index contributed by atoms with van der Waals surface area (Å²) in [5.41, 5.74) is 1.08. The molecule has 1 saturated heterocycles. The molecule has 0 aliphatic carbocycles. The molecule has 1 aliphatic rings. The first-order valence-corrected chi connectivity index (χ1v) is 8.74. The van der Waals surface area contributed by atoms with Crippen LogP contribution >= 0.6 is 0 Å². The number of aliphatic hydroxyl groups is 1. The summed E-state index contributed by atoms with van der Waals surface area (Å²) in [5, 5.41) is 14.3. The van der Waals surface area contributed by atoms with Crippen LogP contribution in [0.2, 0.25) is 0 Å². The molecule has 0 radical (unpaired) electrons. The Hall–Kier alpha value is -0.960. The highest BCUT2D eigenvalue weighted by atomic mass is 32.2. The van der Waals surface area contributed by atoms with E-state index in [0.717, 1.165) is 12.1 Å². The Morgan fingerprint density at radius 3 is 2.71 bits per heavy atom. The molecule has 1 aromatic rings. The van der Waals surface area contributed by atoms with Crippen LogP contribution in [0.4, 0.5) is 0 Å². The smallest absolute Gasteiger partial charge is 0.214 e. The molecule has 120 valence electrons. The van der Waals surface area contributed by atoms with Crippen LogP contribution in [0.3, 0.4) is 0 Å². The predicted octanol–water partition coefficient (Wildman–Crippen LogP) is -0.413. The largest absolute Gasteiger partial charge is 0.391 e. The Kier molecular flexibility index (Phi) is 5.03. The summed E-state index contributed by atoms with van der Waals surface area (Å²) >= 11 is 0. The molecule has 0 spiro atoms. The number of hydrogen-bond acceptors (Lipinski definition) is 5. The lowest BCUT2D eigenvalue weighted by atomic mass is 10.1. The third kappa shape index (κ3) is 4.03. The summed E-state index contributed by atoms with van der Waals surface area (Å²) in [7, 11) is -0.238. The topological polar surface area (TPSA) is 78.7 Å². The molecule has 0 bridgehead atoms. The molecule has 0 amide bonds. The van der Waals surface area contributed by atoms with Crippen LogP contribution in [0, 0.1) is 5.92 Å². The van der Waals surface area contributed by atoms with E-state index in [-0.39, 0.29) is 11.7 Å².